The van der Waals surface area contributed by atoms with E-state index in [0.29, 0.717) is 18.3 Å². The van der Waals surface area contributed by atoms with E-state index < -0.39 is 7.60 Å². The Bertz CT molecular complexity index is 1010. The van der Waals surface area contributed by atoms with E-state index in [4.69, 9.17) is 13.5 Å². The lowest BCUT2D eigenvalue weighted by molar-refractivity contribution is 0.229. The maximum Gasteiger partial charge on any atom is 0.385 e. The summed E-state index contributed by atoms with van der Waals surface area (Å²) in [4.78, 5) is 4.55. The molecular weight excluding hydrogens is 411 g/mol. The molecule has 0 amide bonds. The molecule has 0 fully saturated rings. The number of anilines is 1. The fourth-order valence-corrected chi connectivity index (χ4v) is 4.71. The third-order valence-electron chi connectivity index (χ3n) is 4.76. The van der Waals surface area contributed by atoms with Gasteiger partial charge in [0.2, 0.25) is 17.2 Å². The van der Waals surface area contributed by atoms with E-state index in [9.17, 15) is 4.57 Å². The Morgan fingerprint density at radius 2 is 1.58 bits per heavy atom. The van der Waals surface area contributed by atoms with Crippen LogP contribution in [0.15, 0.2) is 59.0 Å². The quantitative estimate of drug-likeness (QED) is 0.401. The minimum atomic E-state index is -3.63. The van der Waals surface area contributed by atoms with Crippen molar-refractivity contribution in [3.05, 3.63) is 65.7 Å². The van der Waals surface area contributed by atoms with Gasteiger partial charge in [0.25, 0.3) is 0 Å². The van der Waals surface area contributed by atoms with Crippen LogP contribution in [0.1, 0.15) is 45.7 Å². The van der Waals surface area contributed by atoms with Crippen LogP contribution >= 0.6 is 7.60 Å². The molecule has 31 heavy (non-hydrogen) atoms. The van der Waals surface area contributed by atoms with Gasteiger partial charge in [0.1, 0.15) is 0 Å². The highest BCUT2D eigenvalue weighted by Crippen LogP contribution is 2.49. The molecule has 0 saturated heterocycles. The van der Waals surface area contributed by atoms with Gasteiger partial charge in [0.15, 0.2) is 0 Å². The third-order valence-corrected chi connectivity index (χ3v) is 6.78. The summed E-state index contributed by atoms with van der Waals surface area (Å²) in [7, 11) is -3.63. The van der Waals surface area contributed by atoms with E-state index in [0.717, 1.165) is 11.1 Å². The first-order valence-corrected chi connectivity index (χ1v) is 12.1. The summed E-state index contributed by atoms with van der Waals surface area (Å²) in [5.74, 6) is 0.662. The van der Waals surface area contributed by atoms with E-state index in [-0.39, 0.29) is 24.1 Å². The zero-order chi connectivity index (χ0) is 22.5. The summed E-state index contributed by atoms with van der Waals surface area (Å²) >= 11 is 0. The van der Waals surface area contributed by atoms with Crippen molar-refractivity contribution in [3.63, 3.8) is 0 Å². The van der Waals surface area contributed by atoms with Gasteiger partial charge in [0, 0.05) is 12.1 Å². The fourth-order valence-electron chi connectivity index (χ4n) is 3.13. The highest BCUT2D eigenvalue weighted by atomic mass is 31.2. The average Bonchev–Trinajstić information content (AvgIpc) is 3.18. The van der Waals surface area contributed by atoms with Crippen LogP contribution in [0.2, 0.25) is 0 Å². The summed E-state index contributed by atoms with van der Waals surface area (Å²) in [5.41, 5.74) is 3.27. The van der Waals surface area contributed by atoms with Crippen LogP contribution in [-0.4, -0.2) is 18.2 Å². The number of oxazole rings is 1. The number of nitrogens with zero attached hydrogens (tertiary/aromatic N) is 1. The van der Waals surface area contributed by atoms with Crippen molar-refractivity contribution in [3.8, 4) is 11.5 Å². The summed E-state index contributed by atoms with van der Waals surface area (Å²) in [6.07, 6.45) is 0. The predicted octanol–water partition coefficient (Wildman–Crippen LogP) is 6.14. The standard InChI is InChI=1S/C24H31N2O4P/c1-6-28-31(27,29-7-2)23-22(25-17-18-11-9-8-10-12-18)30-21(26-23)19-13-15-20(16-14-19)24(3,4)5/h8-16,25H,6-7,17H2,1-5H3. The normalized spacial score (nSPS) is 12.2. The van der Waals surface area contributed by atoms with Crippen molar-refractivity contribution in [2.45, 2.75) is 46.6 Å². The van der Waals surface area contributed by atoms with Crippen LogP contribution in [-0.2, 0) is 25.6 Å². The van der Waals surface area contributed by atoms with Crippen LogP contribution in [0.5, 0.6) is 0 Å². The van der Waals surface area contributed by atoms with Crippen molar-refractivity contribution >= 4 is 18.9 Å². The van der Waals surface area contributed by atoms with Gasteiger partial charge in [0.05, 0.1) is 13.2 Å². The molecule has 3 aromatic rings. The first-order valence-electron chi connectivity index (χ1n) is 10.6. The first-order chi connectivity index (χ1) is 14.8. The summed E-state index contributed by atoms with van der Waals surface area (Å²) in [6, 6.07) is 17.9. The number of benzene rings is 2. The Balaban J connectivity index is 1.99. The molecule has 0 bridgehead atoms. The van der Waals surface area contributed by atoms with E-state index in [1.54, 1.807) is 13.8 Å². The molecule has 0 spiro atoms. The molecule has 3 rings (SSSR count). The lowest BCUT2D eigenvalue weighted by atomic mass is 9.87. The van der Waals surface area contributed by atoms with Crippen molar-refractivity contribution in [2.24, 2.45) is 0 Å². The second-order valence-electron chi connectivity index (χ2n) is 8.17. The van der Waals surface area contributed by atoms with E-state index in [1.807, 2.05) is 42.5 Å². The monoisotopic (exact) mass is 442 g/mol. The molecule has 2 aromatic carbocycles. The fraction of sp³-hybridized carbons (Fsp3) is 0.375. The summed E-state index contributed by atoms with van der Waals surface area (Å²) < 4.78 is 30.6. The van der Waals surface area contributed by atoms with Crippen LogP contribution in [0.4, 0.5) is 5.88 Å². The van der Waals surface area contributed by atoms with Gasteiger partial charge in [-0.05, 0) is 42.5 Å². The second kappa shape index (κ2) is 9.82. The number of hydrogen-bond acceptors (Lipinski definition) is 6. The molecule has 6 nitrogen and oxygen atoms in total. The molecule has 1 heterocycles. The molecule has 0 atom stereocenters. The lowest BCUT2D eigenvalue weighted by Crippen LogP contribution is -2.16. The van der Waals surface area contributed by atoms with E-state index in [1.165, 1.54) is 5.56 Å². The lowest BCUT2D eigenvalue weighted by Gasteiger charge is -2.18. The van der Waals surface area contributed by atoms with Gasteiger partial charge in [-0.1, -0.05) is 63.2 Å². The third kappa shape index (κ3) is 5.65. The Hall–Kier alpha value is -2.40. The molecule has 0 aliphatic rings. The molecule has 0 aliphatic carbocycles. The second-order valence-corrected chi connectivity index (χ2v) is 10.1. The molecule has 0 unspecified atom stereocenters. The Morgan fingerprint density at radius 1 is 0.968 bits per heavy atom. The smallest absolute Gasteiger partial charge is 0.385 e. The average molecular weight is 442 g/mol. The van der Waals surface area contributed by atoms with Gasteiger partial charge in [-0.25, -0.2) is 0 Å². The van der Waals surface area contributed by atoms with Crippen molar-refractivity contribution in [2.75, 3.05) is 18.5 Å². The number of hydrogen-bond donors (Lipinski definition) is 1. The number of aromatic nitrogens is 1. The Labute approximate surface area is 184 Å². The van der Waals surface area contributed by atoms with Gasteiger partial charge in [-0.15, -0.1) is 0 Å². The molecule has 0 radical (unpaired) electrons. The van der Waals surface area contributed by atoms with Crippen LogP contribution < -0.4 is 10.8 Å². The summed E-state index contributed by atoms with van der Waals surface area (Å²) in [5, 5.41) is 3.22. The maximum atomic E-state index is 13.5. The summed E-state index contributed by atoms with van der Waals surface area (Å²) in [6.45, 7) is 11.0. The molecule has 0 aliphatic heterocycles. The Kier molecular flexibility index (Phi) is 7.37. The Morgan fingerprint density at radius 3 is 2.13 bits per heavy atom. The number of nitrogens with one attached hydrogen (secondary N) is 1. The molecular formula is C24H31N2O4P. The van der Waals surface area contributed by atoms with Gasteiger partial charge < -0.3 is 18.8 Å². The SMILES string of the molecule is CCOP(=O)(OCC)c1nc(-c2ccc(C(C)(C)C)cc2)oc1NCc1ccccc1. The molecule has 1 aromatic heterocycles. The van der Waals surface area contributed by atoms with Gasteiger partial charge in [-0.3, -0.25) is 4.57 Å². The predicted molar refractivity (Wildman–Crippen MR) is 125 cm³/mol. The highest BCUT2D eigenvalue weighted by Gasteiger charge is 2.35. The largest absolute Gasteiger partial charge is 0.420 e. The highest BCUT2D eigenvalue weighted by molar-refractivity contribution is 7.62. The van der Waals surface area contributed by atoms with Gasteiger partial charge in [-0.2, -0.15) is 4.98 Å². The first kappa shape index (κ1) is 23.3. The van der Waals surface area contributed by atoms with E-state index >= 15 is 0 Å². The van der Waals surface area contributed by atoms with Crippen LogP contribution in [0.3, 0.4) is 0 Å². The molecule has 1 N–H and O–H groups in total. The zero-order valence-electron chi connectivity index (χ0n) is 18.8. The van der Waals surface area contributed by atoms with Crippen LogP contribution in [0.25, 0.3) is 11.5 Å². The van der Waals surface area contributed by atoms with E-state index in [2.05, 4.69) is 43.2 Å². The molecule has 0 saturated carbocycles. The zero-order valence-corrected chi connectivity index (χ0v) is 19.7. The van der Waals surface area contributed by atoms with Crippen LogP contribution in [0, 0.1) is 0 Å². The maximum absolute atomic E-state index is 13.5. The van der Waals surface area contributed by atoms with Gasteiger partial charge >= 0.3 is 7.60 Å². The van der Waals surface area contributed by atoms with Crippen molar-refractivity contribution in [1.82, 2.24) is 4.98 Å². The topological polar surface area (TPSA) is 73.6 Å². The number of rotatable bonds is 9. The van der Waals surface area contributed by atoms with Crippen molar-refractivity contribution < 1.29 is 18.0 Å². The van der Waals surface area contributed by atoms with Crippen molar-refractivity contribution in [1.29, 1.82) is 0 Å². The molecule has 166 valence electrons. The molecule has 7 heteroatoms. The minimum absolute atomic E-state index is 0.0440. The minimum Gasteiger partial charge on any atom is -0.420 e.